The predicted octanol–water partition coefficient (Wildman–Crippen LogP) is 4.90. The highest BCUT2D eigenvalue weighted by Gasteiger charge is 2.25. The van der Waals surface area contributed by atoms with E-state index in [-0.39, 0.29) is 23.2 Å². The van der Waals surface area contributed by atoms with Crippen LogP contribution in [0.4, 0.5) is 10.1 Å². The summed E-state index contributed by atoms with van der Waals surface area (Å²) in [6.07, 6.45) is 6.36. The summed E-state index contributed by atoms with van der Waals surface area (Å²) >= 11 is 0. The maximum absolute atomic E-state index is 13.4. The molecule has 41 heavy (non-hydrogen) atoms. The van der Waals surface area contributed by atoms with Crippen LogP contribution in [0.5, 0.6) is 23.1 Å². The minimum absolute atomic E-state index is 0.0951. The van der Waals surface area contributed by atoms with E-state index in [0.717, 1.165) is 12.8 Å². The molecule has 4 aromatic rings. The fourth-order valence-electron chi connectivity index (χ4n) is 3.96. The monoisotopic (exact) mass is 555 g/mol. The van der Waals surface area contributed by atoms with Gasteiger partial charge in [-0.15, -0.1) is 0 Å². The average Bonchev–Trinajstić information content (AvgIpc) is 3.82. The number of allylic oxidation sites excluding steroid dienone is 1. The maximum Gasteiger partial charge on any atom is 0.277 e. The van der Waals surface area contributed by atoms with Crippen molar-refractivity contribution >= 4 is 39.6 Å². The molecular weight excluding hydrogens is 529 g/mol. The van der Waals surface area contributed by atoms with E-state index < -0.39 is 23.2 Å². The van der Waals surface area contributed by atoms with Crippen molar-refractivity contribution in [3.05, 3.63) is 84.6 Å². The lowest BCUT2D eigenvalue weighted by atomic mass is 9.99. The number of pyridine rings is 2. The highest BCUT2D eigenvalue weighted by Crippen LogP contribution is 2.36. The fraction of sp³-hybridized carbons (Fsp3) is 0.167. The fourth-order valence-corrected chi connectivity index (χ4v) is 3.96. The van der Waals surface area contributed by atoms with Gasteiger partial charge in [0.1, 0.15) is 11.6 Å². The van der Waals surface area contributed by atoms with Crippen molar-refractivity contribution in [1.29, 1.82) is 5.41 Å². The van der Waals surface area contributed by atoms with Crippen LogP contribution in [0.2, 0.25) is 0 Å². The van der Waals surface area contributed by atoms with Gasteiger partial charge in [0.25, 0.3) is 5.91 Å². The summed E-state index contributed by atoms with van der Waals surface area (Å²) in [6, 6.07) is 13.8. The number of carbonyl (C=O) groups is 2. The van der Waals surface area contributed by atoms with Crippen molar-refractivity contribution in [1.82, 2.24) is 15.3 Å². The normalized spacial score (nSPS) is 12.9. The second-order valence-corrected chi connectivity index (χ2v) is 9.18. The van der Waals surface area contributed by atoms with Crippen LogP contribution in [0.15, 0.2) is 73.2 Å². The van der Waals surface area contributed by atoms with Gasteiger partial charge >= 0.3 is 0 Å². The number of anilines is 1. The zero-order valence-corrected chi connectivity index (χ0v) is 22.2. The van der Waals surface area contributed by atoms with Crippen molar-refractivity contribution in [3.63, 3.8) is 0 Å². The molecule has 10 nitrogen and oxygen atoms in total. The number of nitrogens with zero attached hydrogens (tertiary/aromatic N) is 2. The van der Waals surface area contributed by atoms with Crippen molar-refractivity contribution < 1.29 is 28.2 Å². The molecule has 1 aliphatic rings. The SMILES string of the molecule is COc1cc2nccc(Oc3ccc(NC(=O)C(=N)C(=O)/C(=C\NC4CC4)c4ccc(F)cc4)cn3)c2cc1OC. The van der Waals surface area contributed by atoms with Crippen LogP contribution >= 0.6 is 0 Å². The Hall–Kier alpha value is -5.32. The maximum atomic E-state index is 13.4. The Balaban J connectivity index is 1.28. The van der Waals surface area contributed by atoms with Gasteiger partial charge in [-0.1, -0.05) is 12.1 Å². The summed E-state index contributed by atoms with van der Waals surface area (Å²) in [7, 11) is 3.08. The van der Waals surface area contributed by atoms with Gasteiger partial charge in [0.2, 0.25) is 11.7 Å². The lowest BCUT2D eigenvalue weighted by molar-refractivity contribution is -0.113. The minimum atomic E-state index is -0.911. The number of methoxy groups -OCH3 is 2. The molecule has 0 saturated heterocycles. The molecule has 2 aromatic heterocycles. The Labute approximate surface area is 234 Å². The molecule has 1 fully saturated rings. The molecule has 1 saturated carbocycles. The van der Waals surface area contributed by atoms with E-state index in [9.17, 15) is 14.0 Å². The Morgan fingerprint density at radius 1 is 0.976 bits per heavy atom. The third-order valence-electron chi connectivity index (χ3n) is 6.31. The van der Waals surface area contributed by atoms with E-state index in [0.29, 0.717) is 33.7 Å². The Bertz CT molecular complexity index is 1650. The van der Waals surface area contributed by atoms with Crippen LogP contribution in [0.25, 0.3) is 16.5 Å². The number of rotatable bonds is 11. The van der Waals surface area contributed by atoms with Crippen LogP contribution in [0, 0.1) is 11.2 Å². The highest BCUT2D eigenvalue weighted by molar-refractivity contribution is 6.74. The third-order valence-corrected chi connectivity index (χ3v) is 6.31. The number of benzene rings is 2. The summed E-state index contributed by atoms with van der Waals surface area (Å²) in [5, 5.41) is 14.5. The molecule has 208 valence electrons. The quantitative estimate of drug-likeness (QED) is 0.135. The number of aromatic nitrogens is 2. The Morgan fingerprint density at radius 2 is 1.71 bits per heavy atom. The van der Waals surface area contributed by atoms with E-state index in [4.69, 9.17) is 19.6 Å². The van der Waals surface area contributed by atoms with Crippen molar-refractivity contribution in [3.8, 4) is 23.1 Å². The first kappa shape index (κ1) is 27.3. The van der Waals surface area contributed by atoms with Gasteiger partial charge in [0.05, 0.1) is 31.6 Å². The largest absolute Gasteiger partial charge is 0.493 e. The zero-order valence-electron chi connectivity index (χ0n) is 22.2. The number of ether oxygens (including phenoxy) is 3. The number of fused-ring (bicyclic) bond motifs is 1. The number of Topliss-reactive ketones (excluding diaryl/α,β-unsaturated/α-hetero) is 1. The van der Waals surface area contributed by atoms with Gasteiger partial charge in [-0.25, -0.2) is 9.37 Å². The second kappa shape index (κ2) is 11.8. The molecule has 0 aliphatic heterocycles. The number of carbonyl (C=O) groups excluding carboxylic acids is 2. The van der Waals surface area contributed by atoms with E-state index in [1.807, 2.05) is 0 Å². The molecule has 11 heteroatoms. The first-order valence-corrected chi connectivity index (χ1v) is 12.7. The molecule has 0 bridgehead atoms. The smallest absolute Gasteiger partial charge is 0.277 e. The van der Waals surface area contributed by atoms with Gasteiger partial charge < -0.3 is 24.8 Å². The first-order chi connectivity index (χ1) is 19.9. The van der Waals surface area contributed by atoms with Crippen LogP contribution in [-0.2, 0) is 9.59 Å². The van der Waals surface area contributed by atoms with Crippen LogP contribution in [-0.4, -0.2) is 47.6 Å². The minimum Gasteiger partial charge on any atom is -0.493 e. The van der Waals surface area contributed by atoms with Gasteiger partial charge in [-0.3, -0.25) is 20.0 Å². The summed E-state index contributed by atoms with van der Waals surface area (Å²) < 4.78 is 30.1. The van der Waals surface area contributed by atoms with E-state index in [1.165, 1.54) is 55.9 Å². The lowest BCUT2D eigenvalue weighted by Crippen LogP contribution is -2.30. The molecule has 2 aromatic carbocycles. The molecule has 1 amide bonds. The number of nitrogens with one attached hydrogen (secondary N) is 3. The van der Waals surface area contributed by atoms with E-state index in [2.05, 4.69) is 20.6 Å². The summed E-state index contributed by atoms with van der Waals surface area (Å²) in [4.78, 5) is 34.5. The number of ketones is 1. The molecule has 2 heterocycles. The van der Waals surface area contributed by atoms with Crippen molar-refractivity contribution in [2.24, 2.45) is 0 Å². The average molecular weight is 556 g/mol. The first-order valence-electron chi connectivity index (χ1n) is 12.7. The van der Waals surface area contributed by atoms with Gasteiger partial charge in [-0.05, 0) is 48.7 Å². The molecule has 5 rings (SSSR count). The number of hydrogen-bond donors (Lipinski definition) is 3. The third kappa shape index (κ3) is 6.30. The van der Waals surface area contributed by atoms with Crippen LogP contribution < -0.4 is 24.8 Å². The predicted molar refractivity (Wildman–Crippen MR) is 151 cm³/mol. The zero-order chi connectivity index (χ0) is 28.9. The Kier molecular flexibility index (Phi) is 7.86. The standard InChI is InChI=1S/C30H26FN5O5/c1-39-25-13-21-23(14-26(25)40-2)33-12-11-24(21)41-27-10-9-20(15-35-27)36-30(38)28(32)29(37)22(16-34-19-7-8-19)17-3-5-18(31)6-4-17/h3-6,9-16,19,32,34H,7-8H2,1-2H3,(H,36,38)/b22-16-,32-28?. The van der Waals surface area contributed by atoms with Gasteiger partial charge in [0, 0.05) is 41.5 Å². The van der Waals surface area contributed by atoms with E-state index in [1.54, 1.807) is 31.5 Å². The Morgan fingerprint density at radius 3 is 2.37 bits per heavy atom. The summed E-state index contributed by atoms with van der Waals surface area (Å²) in [6.45, 7) is 0. The second-order valence-electron chi connectivity index (χ2n) is 9.18. The highest BCUT2D eigenvalue weighted by atomic mass is 19.1. The van der Waals surface area contributed by atoms with Crippen LogP contribution in [0.3, 0.4) is 0 Å². The molecule has 0 atom stereocenters. The molecular formula is C30H26FN5O5. The summed E-state index contributed by atoms with van der Waals surface area (Å²) in [5.41, 5.74) is 0.608. The molecule has 3 N–H and O–H groups in total. The van der Waals surface area contributed by atoms with Crippen molar-refractivity contribution in [2.45, 2.75) is 18.9 Å². The lowest BCUT2D eigenvalue weighted by Gasteiger charge is -2.12. The van der Waals surface area contributed by atoms with Gasteiger partial charge in [0.15, 0.2) is 17.2 Å². The summed E-state index contributed by atoms with van der Waals surface area (Å²) in [5.74, 6) is -0.400. The molecule has 0 unspecified atom stereocenters. The molecule has 1 aliphatic carbocycles. The number of amides is 1. The van der Waals surface area contributed by atoms with E-state index >= 15 is 0 Å². The topological polar surface area (TPSA) is 136 Å². The van der Waals surface area contributed by atoms with Crippen LogP contribution in [0.1, 0.15) is 18.4 Å². The molecule has 0 radical (unpaired) electrons. The van der Waals surface area contributed by atoms with Crippen molar-refractivity contribution in [2.75, 3.05) is 19.5 Å². The number of hydrogen-bond acceptors (Lipinski definition) is 9. The van der Waals surface area contributed by atoms with Gasteiger partial charge in [-0.2, -0.15) is 0 Å². The molecule has 0 spiro atoms. The number of halogens is 1.